The van der Waals surface area contributed by atoms with Gasteiger partial charge in [-0.05, 0) is 11.8 Å². The molecule has 1 amide bonds. The van der Waals surface area contributed by atoms with Crippen LogP contribution in [0.1, 0.15) is 5.56 Å². The first-order valence-electron chi connectivity index (χ1n) is 7.01. The second-order valence-corrected chi connectivity index (χ2v) is 4.82. The van der Waals surface area contributed by atoms with Crippen molar-refractivity contribution in [3.63, 3.8) is 0 Å². The fourth-order valence-corrected chi connectivity index (χ4v) is 1.80. The summed E-state index contributed by atoms with van der Waals surface area (Å²) in [5.74, 6) is -1.25. The molecular weight excluding hydrogens is 348 g/mol. The van der Waals surface area contributed by atoms with E-state index in [1.807, 2.05) is 0 Å². The average Bonchev–Trinajstić information content (AvgIpc) is 2.61. The number of non-ortho nitro benzene ring substituents is 1. The van der Waals surface area contributed by atoms with Crippen LogP contribution in [0.5, 0.6) is 11.5 Å². The third-order valence-corrected chi connectivity index (χ3v) is 2.98. The Labute approximate surface area is 145 Å². The lowest BCUT2D eigenvalue weighted by molar-refractivity contribution is -0.398. The summed E-state index contributed by atoms with van der Waals surface area (Å²) in [7, 11) is 0. The molecule has 11 nitrogen and oxygen atoms in total. The lowest BCUT2D eigenvalue weighted by atomic mass is 10.2. The van der Waals surface area contributed by atoms with Crippen LogP contribution in [0.2, 0.25) is 0 Å². The van der Waals surface area contributed by atoms with E-state index in [4.69, 9.17) is 4.74 Å². The Balaban J connectivity index is 1.90. The van der Waals surface area contributed by atoms with Gasteiger partial charge in [-0.25, -0.2) is 5.43 Å². The summed E-state index contributed by atoms with van der Waals surface area (Å²) in [5, 5.41) is 36.2. The van der Waals surface area contributed by atoms with E-state index < -0.39 is 33.8 Å². The second-order valence-electron chi connectivity index (χ2n) is 4.82. The number of nitro groups is 2. The van der Waals surface area contributed by atoms with Crippen LogP contribution in [-0.2, 0) is 4.79 Å². The lowest BCUT2D eigenvalue weighted by Gasteiger charge is -2.06. The molecule has 0 aliphatic heterocycles. The van der Waals surface area contributed by atoms with Crippen LogP contribution in [0, 0.1) is 20.2 Å². The van der Waals surface area contributed by atoms with Gasteiger partial charge in [-0.3, -0.25) is 25.0 Å². The van der Waals surface area contributed by atoms with Crippen molar-refractivity contribution in [2.45, 2.75) is 0 Å². The van der Waals surface area contributed by atoms with E-state index in [2.05, 4.69) is 10.5 Å². The summed E-state index contributed by atoms with van der Waals surface area (Å²) in [6.45, 7) is -0.446. The highest BCUT2D eigenvalue weighted by atomic mass is 16.6. The largest absolute Gasteiger partial charge is 0.868 e. The molecule has 26 heavy (non-hydrogen) atoms. The first-order valence-corrected chi connectivity index (χ1v) is 7.01. The maximum atomic E-state index is 11.6. The SMILES string of the molecule is O=C(COc1cccc([N+](=O)[O-])c1)N/N=C\c1ccc([O-])c([N+](=O)[O-])c1. The first-order chi connectivity index (χ1) is 12.4. The van der Waals surface area contributed by atoms with E-state index in [0.717, 1.165) is 18.3 Å². The third-order valence-electron chi connectivity index (χ3n) is 2.98. The maximum Gasteiger partial charge on any atom is 0.277 e. The Morgan fingerprint density at radius 2 is 1.92 bits per heavy atom. The smallest absolute Gasteiger partial charge is 0.277 e. The van der Waals surface area contributed by atoms with E-state index >= 15 is 0 Å². The van der Waals surface area contributed by atoms with Crippen LogP contribution >= 0.6 is 0 Å². The van der Waals surface area contributed by atoms with Crippen LogP contribution in [-0.4, -0.2) is 28.6 Å². The molecule has 0 aliphatic rings. The van der Waals surface area contributed by atoms with Gasteiger partial charge >= 0.3 is 0 Å². The van der Waals surface area contributed by atoms with E-state index in [1.165, 1.54) is 30.3 Å². The molecule has 0 aromatic heterocycles. The Bertz CT molecular complexity index is 882. The van der Waals surface area contributed by atoms with Crippen molar-refractivity contribution in [2.75, 3.05) is 6.61 Å². The Morgan fingerprint density at radius 3 is 2.62 bits per heavy atom. The summed E-state index contributed by atoms with van der Waals surface area (Å²) in [6.07, 6.45) is 1.12. The van der Waals surface area contributed by atoms with Crippen LogP contribution in [0.15, 0.2) is 47.6 Å². The number of carbonyl (C=O) groups is 1. The number of amides is 1. The van der Waals surface area contributed by atoms with Crippen molar-refractivity contribution in [3.05, 3.63) is 68.3 Å². The molecule has 0 saturated heterocycles. The van der Waals surface area contributed by atoms with Crippen LogP contribution in [0.25, 0.3) is 0 Å². The monoisotopic (exact) mass is 359 g/mol. The summed E-state index contributed by atoms with van der Waals surface area (Å²) in [4.78, 5) is 31.5. The number of hydrogen-bond donors (Lipinski definition) is 1. The molecule has 0 aliphatic carbocycles. The summed E-state index contributed by atoms with van der Waals surface area (Å²) < 4.78 is 5.11. The predicted molar refractivity (Wildman–Crippen MR) is 86.9 cm³/mol. The quantitative estimate of drug-likeness (QED) is 0.440. The number of nitrogens with zero attached hydrogens (tertiary/aromatic N) is 3. The summed E-state index contributed by atoms with van der Waals surface area (Å²) in [6, 6.07) is 8.67. The first kappa shape index (κ1) is 18.3. The van der Waals surface area contributed by atoms with Crippen molar-refractivity contribution < 1.29 is 24.5 Å². The van der Waals surface area contributed by atoms with Crippen molar-refractivity contribution in [1.82, 2.24) is 5.43 Å². The van der Waals surface area contributed by atoms with Gasteiger partial charge in [-0.2, -0.15) is 5.10 Å². The van der Waals surface area contributed by atoms with Crippen molar-refractivity contribution >= 4 is 23.5 Å². The minimum atomic E-state index is -0.814. The fourth-order valence-electron chi connectivity index (χ4n) is 1.80. The molecule has 2 rings (SSSR count). The molecule has 2 aromatic carbocycles. The van der Waals surface area contributed by atoms with Gasteiger partial charge in [0.05, 0.1) is 22.1 Å². The minimum absolute atomic E-state index is 0.139. The van der Waals surface area contributed by atoms with Gasteiger partial charge < -0.3 is 9.84 Å². The summed E-state index contributed by atoms with van der Waals surface area (Å²) >= 11 is 0. The summed E-state index contributed by atoms with van der Waals surface area (Å²) in [5.41, 5.74) is 1.59. The molecule has 0 unspecified atom stereocenters. The van der Waals surface area contributed by atoms with Gasteiger partial charge in [0.15, 0.2) is 6.61 Å². The molecule has 0 fully saturated rings. The molecule has 0 radical (unpaired) electrons. The van der Waals surface area contributed by atoms with Crippen molar-refractivity contribution in [3.8, 4) is 11.5 Å². The Kier molecular flexibility index (Phi) is 5.77. The molecule has 0 heterocycles. The highest BCUT2D eigenvalue weighted by Gasteiger charge is 2.09. The second kappa shape index (κ2) is 8.19. The van der Waals surface area contributed by atoms with Crippen LogP contribution in [0.4, 0.5) is 11.4 Å². The molecule has 0 atom stereocenters. The Hall–Kier alpha value is -4.02. The molecular formula is C15H11N4O7-. The standard InChI is InChI=1S/C15H12N4O7/c20-14-5-4-10(6-13(14)19(24)25)8-16-17-15(21)9-26-12-3-1-2-11(7-12)18(22)23/h1-8,20H,9H2,(H,17,21)/p-1/b16-8-. The van der Waals surface area contributed by atoms with E-state index in [-0.39, 0.29) is 17.0 Å². The third kappa shape index (κ3) is 4.99. The molecule has 0 saturated carbocycles. The molecule has 0 bridgehead atoms. The predicted octanol–water partition coefficient (Wildman–Crippen LogP) is 1.11. The zero-order valence-corrected chi connectivity index (χ0v) is 13.0. The maximum absolute atomic E-state index is 11.6. The molecule has 2 aromatic rings. The average molecular weight is 359 g/mol. The van der Waals surface area contributed by atoms with Gasteiger partial charge in [0.25, 0.3) is 17.3 Å². The molecule has 134 valence electrons. The molecule has 0 spiro atoms. The van der Waals surface area contributed by atoms with E-state index in [1.54, 1.807) is 0 Å². The van der Waals surface area contributed by atoms with Gasteiger partial charge in [0.1, 0.15) is 5.75 Å². The van der Waals surface area contributed by atoms with Crippen molar-refractivity contribution in [1.29, 1.82) is 0 Å². The highest BCUT2D eigenvalue weighted by Crippen LogP contribution is 2.23. The fraction of sp³-hybridized carbons (Fsp3) is 0.0667. The number of hydrazone groups is 1. The molecule has 1 N–H and O–H groups in total. The number of rotatable bonds is 7. The highest BCUT2D eigenvalue weighted by molar-refractivity contribution is 5.84. The lowest BCUT2D eigenvalue weighted by Crippen LogP contribution is -2.24. The Morgan fingerprint density at radius 1 is 1.15 bits per heavy atom. The van der Waals surface area contributed by atoms with Gasteiger partial charge in [-0.15, -0.1) is 0 Å². The van der Waals surface area contributed by atoms with Gasteiger partial charge in [-0.1, -0.05) is 18.2 Å². The molecule has 11 heteroatoms. The zero-order chi connectivity index (χ0) is 19.1. The number of carbonyl (C=O) groups excluding carboxylic acids is 1. The topological polar surface area (TPSA) is 160 Å². The zero-order valence-electron chi connectivity index (χ0n) is 13.0. The van der Waals surface area contributed by atoms with Gasteiger partial charge in [0.2, 0.25) is 0 Å². The number of benzene rings is 2. The van der Waals surface area contributed by atoms with Gasteiger partial charge in [0, 0.05) is 17.7 Å². The number of ether oxygens (including phenoxy) is 1. The van der Waals surface area contributed by atoms with E-state index in [0.29, 0.717) is 0 Å². The minimum Gasteiger partial charge on any atom is -0.868 e. The number of nitro benzene ring substituents is 2. The number of hydrogen-bond acceptors (Lipinski definition) is 8. The van der Waals surface area contributed by atoms with Crippen molar-refractivity contribution in [2.24, 2.45) is 5.10 Å². The normalized spacial score (nSPS) is 10.5. The van der Waals surface area contributed by atoms with Crippen LogP contribution in [0.3, 0.4) is 0 Å². The number of nitrogens with one attached hydrogen (secondary N) is 1. The van der Waals surface area contributed by atoms with Crippen LogP contribution < -0.4 is 15.3 Å². The van der Waals surface area contributed by atoms with E-state index in [9.17, 15) is 30.1 Å².